The Hall–Kier alpha value is -3.50. The predicted octanol–water partition coefficient (Wildman–Crippen LogP) is 0.860. The van der Waals surface area contributed by atoms with Gasteiger partial charge in [-0.15, -0.1) is 0 Å². The van der Waals surface area contributed by atoms with Crippen molar-refractivity contribution in [1.29, 1.82) is 0 Å². The van der Waals surface area contributed by atoms with E-state index in [-0.39, 0.29) is 18.7 Å². The molecule has 0 saturated heterocycles. The molecule has 146 valence electrons. The molecule has 0 radical (unpaired) electrons. The van der Waals surface area contributed by atoms with Crippen LogP contribution < -0.4 is 0 Å². The van der Waals surface area contributed by atoms with Gasteiger partial charge in [0, 0.05) is 38.6 Å². The third-order valence-electron chi connectivity index (χ3n) is 3.25. The number of amides is 1. The van der Waals surface area contributed by atoms with Gasteiger partial charge in [0.2, 0.25) is 0 Å². The summed E-state index contributed by atoms with van der Waals surface area (Å²) in [4.78, 5) is 56.9. The van der Waals surface area contributed by atoms with Gasteiger partial charge in [0.25, 0.3) is 11.6 Å². The number of benzene rings is 1. The number of carboxylic acids is 1. The van der Waals surface area contributed by atoms with Crippen molar-refractivity contribution in [2.45, 2.75) is 20.0 Å². The van der Waals surface area contributed by atoms with E-state index in [0.29, 0.717) is 0 Å². The first-order valence-electron chi connectivity index (χ1n) is 7.60. The highest BCUT2D eigenvalue weighted by Crippen LogP contribution is 2.19. The molecular formula is C16H18N2O9. The smallest absolute Gasteiger partial charge is 0.335 e. The summed E-state index contributed by atoms with van der Waals surface area (Å²) in [5.41, 5.74) is -1.20. The van der Waals surface area contributed by atoms with Crippen LogP contribution in [0.3, 0.4) is 0 Å². The highest BCUT2D eigenvalue weighted by molar-refractivity contribution is 5.98. The van der Waals surface area contributed by atoms with Crippen LogP contribution in [0.4, 0.5) is 5.69 Å². The zero-order valence-electron chi connectivity index (χ0n) is 14.8. The van der Waals surface area contributed by atoms with Crippen molar-refractivity contribution < 1.29 is 38.7 Å². The highest BCUT2D eigenvalue weighted by atomic mass is 16.6. The number of nitro benzene ring substituents is 1. The molecule has 0 fully saturated rings. The van der Waals surface area contributed by atoms with Crippen molar-refractivity contribution in [3.05, 3.63) is 39.4 Å². The van der Waals surface area contributed by atoms with Crippen molar-refractivity contribution >= 4 is 29.5 Å². The van der Waals surface area contributed by atoms with E-state index in [1.165, 1.54) is 7.05 Å². The summed E-state index contributed by atoms with van der Waals surface area (Å²) in [5.74, 6) is -3.42. The molecule has 1 aromatic rings. The highest BCUT2D eigenvalue weighted by Gasteiger charge is 2.23. The van der Waals surface area contributed by atoms with Crippen LogP contribution in [0, 0.1) is 10.1 Å². The van der Waals surface area contributed by atoms with Crippen LogP contribution in [0.15, 0.2) is 18.2 Å². The normalized spacial score (nSPS) is 11.2. The number of nitrogens with zero attached hydrogens (tertiary/aromatic N) is 2. The van der Waals surface area contributed by atoms with E-state index in [0.717, 1.165) is 36.9 Å². The summed E-state index contributed by atoms with van der Waals surface area (Å²) < 4.78 is 9.74. The van der Waals surface area contributed by atoms with Gasteiger partial charge < -0.3 is 19.5 Å². The fourth-order valence-corrected chi connectivity index (χ4v) is 2.14. The van der Waals surface area contributed by atoms with Gasteiger partial charge in [-0.3, -0.25) is 24.5 Å². The van der Waals surface area contributed by atoms with E-state index in [1.54, 1.807) is 0 Å². The van der Waals surface area contributed by atoms with Crippen molar-refractivity contribution in [2.75, 3.05) is 20.2 Å². The maximum Gasteiger partial charge on any atom is 0.335 e. The summed E-state index contributed by atoms with van der Waals surface area (Å²) in [6, 6.07) is 2.78. The molecule has 0 spiro atoms. The lowest BCUT2D eigenvalue weighted by atomic mass is 10.1. The SMILES string of the molecule is CC(=O)OCC(CN(C)C(=O)c1cc(C(=O)O)cc([N+](=O)[O-])c1)OC(C)=O. The molecule has 0 saturated carbocycles. The second kappa shape index (κ2) is 9.27. The molecule has 0 aliphatic rings. The van der Waals surface area contributed by atoms with E-state index in [2.05, 4.69) is 0 Å². The molecule has 0 heterocycles. The average molecular weight is 382 g/mol. The van der Waals surface area contributed by atoms with Crippen LogP contribution in [-0.4, -0.2) is 65.0 Å². The molecule has 1 amide bonds. The third-order valence-corrected chi connectivity index (χ3v) is 3.25. The Morgan fingerprint density at radius 1 is 1.15 bits per heavy atom. The number of hydrogen-bond acceptors (Lipinski definition) is 8. The van der Waals surface area contributed by atoms with Gasteiger partial charge in [-0.2, -0.15) is 0 Å². The van der Waals surface area contributed by atoms with E-state index in [9.17, 15) is 29.3 Å². The standard InChI is InChI=1S/C16H18N2O9/c1-9(19)26-8-14(27-10(2)20)7-17(3)15(21)11-4-12(16(22)23)6-13(5-11)18(24)25/h4-6,14H,7-8H2,1-3H3,(H,22,23). The lowest BCUT2D eigenvalue weighted by Gasteiger charge is -2.23. The van der Waals surface area contributed by atoms with Gasteiger partial charge >= 0.3 is 17.9 Å². The number of aromatic carboxylic acids is 1. The number of carbonyl (C=O) groups excluding carboxylic acids is 3. The van der Waals surface area contributed by atoms with Gasteiger partial charge in [-0.1, -0.05) is 0 Å². The Bertz CT molecular complexity index is 743. The summed E-state index contributed by atoms with van der Waals surface area (Å²) >= 11 is 0. The van der Waals surface area contributed by atoms with Crippen molar-refractivity contribution in [2.24, 2.45) is 0 Å². The molecule has 1 aromatic carbocycles. The fourth-order valence-electron chi connectivity index (χ4n) is 2.14. The van der Waals surface area contributed by atoms with Crippen LogP contribution in [0.1, 0.15) is 34.6 Å². The van der Waals surface area contributed by atoms with Crippen LogP contribution in [0.5, 0.6) is 0 Å². The zero-order valence-corrected chi connectivity index (χ0v) is 14.8. The van der Waals surface area contributed by atoms with Crippen LogP contribution in [0.25, 0.3) is 0 Å². The largest absolute Gasteiger partial charge is 0.478 e. The molecule has 1 atom stereocenters. The molecule has 11 heteroatoms. The molecule has 0 bridgehead atoms. The van der Waals surface area contributed by atoms with Crippen molar-refractivity contribution in [1.82, 2.24) is 4.90 Å². The Morgan fingerprint density at radius 3 is 2.22 bits per heavy atom. The van der Waals surface area contributed by atoms with E-state index >= 15 is 0 Å². The van der Waals surface area contributed by atoms with E-state index < -0.39 is 46.1 Å². The fraction of sp³-hybridized carbons (Fsp3) is 0.375. The molecule has 0 aromatic heterocycles. The topological polar surface area (TPSA) is 153 Å². The number of esters is 2. The number of ether oxygens (including phenoxy) is 2. The maximum atomic E-state index is 12.5. The van der Waals surface area contributed by atoms with Gasteiger partial charge in [0.15, 0.2) is 6.10 Å². The summed E-state index contributed by atoms with van der Waals surface area (Å²) in [6.07, 6.45) is -0.960. The molecule has 1 N–H and O–H groups in total. The van der Waals surface area contributed by atoms with Crippen LogP contribution in [-0.2, 0) is 19.1 Å². The van der Waals surface area contributed by atoms with E-state index in [1.807, 2.05) is 0 Å². The minimum absolute atomic E-state index is 0.184. The first kappa shape index (κ1) is 21.5. The molecular weight excluding hydrogens is 364 g/mol. The first-order chi connectivity index (χ1) is 12.5. The maximum absolute atomic E-state index is 12.5. The van der Waals surface area contributed by atoms with Gasteiger partial charge in [-0.05, 0) is 6.07 Å². The average Bonchev–Trinajstić information content (AvgIpc) is 2.57. The summed E-state index contributed by atoms with van der Waals surface area (Å²) in [7, 11) is 1.33. The minimum Gasteiger partial charge on any atom is -0.478 e. The number of hydrogen-bond donors (Lipinski definition) is 1. The Balaban J connectivity index is 3.04. The van der Waals surface area contributed by atoms with Crippen LogP contribution in [0.2, 0.25) is 0 Å². The lowest BCUT2D eigenvalue weighted by molar-refractivity contribution is -0.384. The molecule has 0 aliphatic heterocycles. The van der Waals surface area contributed by atoms with Gasteiger partial charge in [-0.25, -0.2) is 4.79 Å². The summed E-state index contributed by atoms with van der Waals surface area (Å²) in [6.45, 7) is 1.83. The van der Waals surface area contributed by atoms with Gasteiger partial charge in [0.05, 0.1) is 17.0 Å². The van der Waals surface area contributed by atoms with E-state index in [4.69, 9.17) is 14.6 Å². The summed E-state index contributed by atoms with van der Waals surface area (Å²) in [5, 5.41) is 20.0. The first-order valence-corrected chi connectivity index (χ1v) is 7.60. The van der Waals surface area contributed by atoms with Crippen molar-refractivity contribution in [3.8, 4) is 0 Å². The third kappa shape index (κ3) is 6.72. The number of likely N-dealkylation sites (N-methyl/N-ethyl adjacent to an activating group) is 1. The molecule has 1 rings (SSSR count). The van der Waals surface area contributed by atoms with Crippen LogP contribution >= 0.6 is 0 Å². The Kier molecular flexibility index (Phi) is 7.39. The molecule has 0 aliphatic carbocycles. The Morgan fingerprint density at radius 2 is 1.74 bits per heavy atom. The van der Waals surface area contributed by atoms with Gasteiger partial charge in [0.1, 0.15) is 6.61 Å². The molecule has 27 heavy (non-hydrogen) atoms. The minimum atomic E-state index is -1.43. The Labute approximate surface area is 153 Å². The number of non-ortho nitro benzene ring substituents is 1. The molecule has 11 nitrogen and oxygen atoms in total. The lowest BCUT2D eigenvalue weighted by Crippen LogP contribution is -2.39. The number of carboxylic acid groups (broad SMARTS) is 1. The predicted molar refractivity (Wildman–Crippen MR) is 89.2 cm³/mol. The quantitative estimate of drug-likeness (QED) is 0.391. The number of nitro groups is 1. The molecule has 1 unspecified atom stereocenters. The van der Waals surface area contributed by atoms with Crippen molar-refractivity contribution in [3.63, 3.8) is 0 Å². The second-order valence-electron chi connectivity index (χ2n) is 5.55. The number of rotatable bonds is 8. The number of carbonyl (C=O) groups is 4. The second-order valence-corrected chi connectivity index (χ2v) is 5.55. The monoisotopic (exact) mass is 382 g/mol. The zero-order chi connectivity index (χ0) is 20.7.